The van der Waals surface area contributed by atoms with Crippen molar-refractivity contribution in [3.05, 3.63) is 53.6 Å². The molecule has 0 fully saturated rings. The first-order valence-corrected chi connectivity index (χ1v) is 7.42. The number of rotatable bonds is 4. The second-order valence-electron chi connectivity index (χ2n) is 5.50. The molecule has 2 aromatic rings. The van der Waals surface area contributed by atoms with E-state index in [9.17, 15) is 0 Å². The molecule has 3 nitrogen and oxygen atoms in total. The molecule has 0 bridgehead atoms. The zero-order valence-corrected chi connectivity index (χ0v) is 12.3. The quantitative estimate of drug-likeness (QED) is 0.869. The monoisotopic (exact) mass is 283 g/mol. The topological polar surface area (TPSA) is 44.5 Å². The van der Waals surface area contributed by atoms with Crippen LogP contribution < -0.4 is 15.2 Å². The Morgan fingerprint density at radius 1 is 1.19 bits per heavy atom. The molecular weight excluding hydrogens is 262 g/mol. The van der Waals surface area contributed by atoms with Gasteiger partial charge in [0.05, 0.1) is 19.4 Å². The van der Waals surface area contributed by atoms with Crippen LogP contribution >= 0.6 is 0 Å². The SMILES string of the molecule is COc1ccc(OCC2CCCc3ccccc32)cc1N. The number of ether oxygens (including phenoxy) is 2. The lowest BCUT2D eigenvalue weighted by Gasteiger charge is -2.25. The summed E-state index contributed by atoms with van der Waals surface area (Å²) in [6.45, 7) is 0.697. The van der Waals surface area contributed by atoms with Crippen LogP contribution in [0.4, 0.5) is 5.69 Å². The van der Waals surface area contributed by atoms with Gasteiger partial charge in [-0.05, 0) is 42.5 Å². The molecule has 0 radical (unpaired) electrons. The van der Waals surface area contributed by atoms with Crippen LogP contribution in [0.1, 0.15) is 29.9 Å². The zero-order valence-electron chi connectivity index (χ0n) is 12.3. The summed E-state index contributed by atoms with van der Waals surface area (Å²) in [5.41, 5.74) is 9.42. The second-order valence-corrected chi connectivity index (χ2v) is 5.50. The molecule has 21 heavy (non-hydrogen) atoms. The minimum atomic E-state index is 0.471. The van der Waals surface area contributed by atoms with Gasteiger partial charge in [-0.3, -0.25) is 0 Å². The van der Waals surface area contributed by atoms with Crippen molar-refractivity contribution in [3.8, 4) is 11.5 Å². The van der Waals surface area contributed by atoms with Gasteiger partial charge in [-0.15, -0.1) is 0 Å². The molecule has 1 aliphatic carbocycles. The standard InChI is InChI=1S/C18H21NO2/c1-20-18-10-9-15(11-17(18)19)21-12-14-7-4-6-13-5-2-3-8-16(13)14/h2-3,5,8-11,14H,4,6-7,12,19H2,1H3. The van der Waals surface area contributed by atoms with Crippen molar-refractivity contribution in [2.75, 3.05) is 19.5 Å². The fourth-order valence-corrected chi connectivity index (χ4v) is 3.03. The van der Waals surface area contributed by atoms with Crippen LogP contribution in [0.15, 0.2) is 42.5 Å². The highest BCUT2D eigenvalue weighted by Crippen LogP contribution is 2.33. The van der Waals surface area contributed by atoms with Gasteiger partial charge in [-0.25, -0.2) is 0 Å². The van der Waals surface area contributed by atoms with Gasteiger partial charge in [0, 0.05) is 12.0 Å². The van der Waals surface area contributed by atoms with Gasteiger partial charge >= 0.3 is 0 Å². The summed E-state index contributed by atoms with van der Waals surface area (Å²) in [7, 11) is 1.62. The van der Waals surface area contributed by atoms with E-state index >= 15 is 0 Å². The average molecular weight is 283 g/mol. The number of fused-ring (bicyclic) bond motifs is 1. The normalized spacial score (nSPS) is 17.1. The number of methoxy groups -OCH3 is 1. The number of anilines is 1. The van der Waals surface area contributed by atoms with Crippen molar-refractivity contribution in [1.29, 1.82) is 0 Å². The number of hydrogen-bond donors (Lipinski definition) is 1. The molecule has 1 aliphatic rings. The van der Waals surface area contributed by atoms with Crippen molar-refractivity contribution < 1.29 is 9.47 Å². The van der Waals surface area contributed by atoms with E-state index in [4.69, 9.17) is 15.2 Å². The third-order valence-corrected chi connectivity index (χ3v) is 4.15. The van der Waals surface area contributed by atoms with Gasteiger partial charge in [-0.2, -0.15) is 0 Å². The first-order chi connectivity index (χ1) is 10.3. The molecule has 110 valence electrons. The predicted octanol–water partition coefficient (Wildman–Crippen LogP) is 3.78. The molecule has 2 aromatic carbocycles. The lowest BCUT2D eigenvalue weighted by Crippen LogP contribution is -2.16. The van der Waals surface area contributed by atoms with E-state index < -0.39 is 0 Å². The third-order valence-electron chi connectivity index (χ3n) is 4.15. The Balaban J connectivity index is 1.70. The van der Waals surface area contributed by atoms with Crippen molar-refractivity contribution in [2.45, 2.75) is 25.2 Å². The van der Waals surface area contributed by atoms with Gasteiger partial charge in [0.1, 0.15) is 11.5 Å². The summed E-state index contributed by atoms with van der Waals surface area (Å²) in [5.74, 6) is 1.96. The first kappa shape index (κ1) is 13.8. The van der Waals surface area contributed by atoms with E-state index in [0.717, 1.165) is 5.75 Å². The molecule has 3 heteroatoms. The molecule has 0 amide bonds. The Bertz CT molecular complexity index is 624. The number of nitrogen functional groups attached to an aromatic ring is 1. The summed E-state index contributed by atoms with van der Waals surface area (Å²) < 4.78 is 11.1. The Labute approximate surface area is 125 Å². The minimum Gasteiger partial charge on any atom is -0.495 e. The summed E-state index contributed by atoms with van der Waals surface area (Å²) in [6.07, 6.45) is 3.60. The fraction of sp³-hybridized carbons (Fsp3) is 0.333. The van der Waals surface area contributed by atoms with Gasteiger partial charge in [0.2, 0.25) is 0 Å². The molecular formula is C18H21NO2. The van der Waals surface area contributed by atoms with Gasteiger partial charge in [-0.1, -0.05) is 24.3 Å². The molecule has 0 spiro atoms. The average Bonchev–Trinajstić information content (AvgIpc) is 2.53. The van der Waals surface area contributed by atoms with E-state index in [1.165, 1.54) is 30.4 Å². The molecule has 1 unspecified atom stereocenters. The maximum atomic E-state index is 5.95. The Kier molecular flexibility index (Phi) is 4.00. The Hall–Kier alpha value is -2.16. The molecule has 1 atom stereocenters. The van der Waals surface area contributed by atoms with Crippen molar-refractivity contribution in [2.24, 2.45) is 0 Å². The second kappa shape index (κ2) is 6.08. The molecule has 0 aromatic heterocycles. The first-order valence-electron chi connectivity index (χ1n) is 7.42. The van der Waals surface area contributed by atoms with Crippen LogP contribution in [0.2, 0.25) is 0 Å². The molecule has 0 saturated carbocycles. The van der Waals surface area contributed by atoms with Crippen molar-refractivity contribution in [3.63, 3.8) is 0 Å². The summed E-state index contributed by atoms with van der Waals surface area (Å²) in [6, 6.07) is 14.3. The molecule has 0 aliphatic heterocycles. The van der Waals surface area contributed by atoms with Crippen LogP contribution in [0.25, 0.3) is 0 Å². The number of benzene rings is 2. The van der Waals surface area contributed by atoms with E-state index in [0.29, 0.717) is 24.0 Å². The van der Waals surface area contributed by atoms with E-state index in [1.807, 2.05) is 18.2 Å². The van der Waals surface area contributed by atoms with Gasteiger partial charge < -0.3 is 15.2 Å². The predicted molar refractivity (Wildman–Crippen MR) is 85.0 cm³/mol. The lowest BCUT2D eigenvalue weighted by molar-refractivity contribution is 0.274. The third kappa shape index (κ3) is 2.97. The van der Waals surface area contributed by atoms with Crippen LogP contribution in [0.3, 0.4) is 0 Å². The maximum absolute atomic E-state index is 5.95. The Morgan fingerprint density at radius 3 is 2.86 bits per heavy atom. The van der Waals surface area contributed by atoms with Crippen molar-refractivity contribution in [1.82, 2.24) is 0 Å². The van der Waals surface area contributed by atoms with Crippen LogP contribution in [-0.2, 0) is 6.42 Å². The summed E-state index contributed by atoms with van der Waals surface area (Å²) in [4.78, 5) is 0. The van der Waals surface area contributed by atoms with Crippen LogP contribution in [0, 0.1) is 0 Å². The highest BCUT2D eigenvalue weighted by Gasteiger charge is 2.20. The van der Waals surface area contributed by atoms with E-state index in [-0.39, 0.29) is 0 Å². The van der Waals surface area contributed by atoms with Crippen LogP contribution in [-0.4, -0.2) is 13.7 Å². The van der Waals surface area contributed by atoms with E-state index in [2.05, 4.69) is 24.3 Å². The molecule has 3 rings (SSSR count). The molecule has 0 saturated heterocycles. The largest absolute Gasteiger partial charge is 0.495 e. The highest BCUT2D eigenvalue weighted by molar-refractivity contribution is 5.56. The van der Waals surface area contributed by atoms with Gasteiger partial charge in [0.25, 0.3) is 0 Å². The summed E-state index contributed by atoms with van der Waals surface area (Å²) in [5, 5.41) is 0. The highest BCUT2D eigenvalue weighted by atomic mass is 16.5. The lowest BCUT2D eigenvalue weighted by atomic mass is 9.83. The fourth-order valence-electron chi connectivity index (χ4n) is 3.03. The number of nitrogens with two attached hydrogens (primary N) is 1. The minimum absolute atomic E-state index is 0.471. The summed E-state index contributed by atoms with van der Waals surface area (Å²) >= 11 is 0. The Morgan fingerprint density at radius 2 is 2.05 bits per heavy atom. The smallest absolute Gasteiger partial charge is 0.142 e. The molecule has 0 heterocycles. The van der Waals surface area contributed by atoms with Gasteiger partial charge in [0.15, 0.2) is 0 Å². The maximum Gasteiger partial charge on any atom is 0.142 e. The number of aryl methyl sites for hydroxylation is 1. The van der Waals surface area contributed by atoms with Crippen molar-refractivity contribution >= 4 is 5.69 Å². The number of hydrogen-bond acceptors (Lipinski definition) is 3. The molecule has 2 N–H and O–H groups in total. The van der Waals surface area contributed by atoms with E-state index in [1.54, 1.807) is 7.11 Å². The zero-order chi connectivity index (χ0) is 14.7. The van der Waals surface area contributed by atoms with Crippen LogP contribution in [0.5, 0.6) is 11.5 Å².